The van der Waals surface area contributed by atoms with Crippen LogP contribution in [0.5, 0.6) is 11.5 Å². The normalized spacial score (nSPS) is 24.3. The second-order valence-corrected chi connectivity index (χ2v) is 10.2. The first-order valence-electron chi connectivity index (χ1n) is 12.3. The zero-order valence-electron chi connectivity index (χ0n) is 19.0. The fourth-order valence-corrected chi connectivity index (χ4v) is 5.93. The molecule has 6 rings (SSSR count). The van der Waals surface area contributed by atoms with Crippen LogP contribution in [-0.4, -0.2) is 55.1 Å². The van der Waals surface area contributed by atoms with Gasteiger partial charge in [0.05, 0.1) is 13.2 Å². The number of ether oxygens (including phenoxy) is 2. The van der Waals surface area contributed by atoms with Crippen molar-refractivity contribution in [1.29, 1.82) is 0 Å². The molecule has 2 saturated heterocycles. The van der Waals surface area contributed by atoms with Gasteiger partial charge in [0.1, 0.15) is 5.82 Å². The lowest BCUT2D eigenvalue weighted by molar-refractivity contribution is -0.110. The summed E-state index contributed by atoms with van der Waals surface area (Å²) in [6.07, 6.45) is 5.47. The molecule has 1 saturated carbocycles. The quantitative estimate of drug-likeness (QED) is 0.679. The molecule has 1 amide bonds. The topological polar surface area (TPSA) is 42.0 Å². The first-order chi connectivity index (χ1) is 16.1. The summed E-state index contributed by atoms with van der Waals surface area (Å²) in [5, 5.41) is 0. The maximum absolute atomic E-state index is 13.6. The number of carbonyl (C=O) groups excluding carboxylic acids is 1. The van der Waals surface area contributed by atoms with Gasteiger partial charge in [-0.25, -0.2) is 4.39 Å². The largest absolute Gasteiger partial charge is 0.490 e. The minimum Gasteiger partial charge on any atom is -0.490 e. The zero-order valence-corrected chi connectivity index (χ0v) is 19.0. The molecule has 1 spiro atoms. The molecule has 2 aromatic rings. The Labute approximate surface area is 194 Å². The van der Waals surface area contributed by atoms with Gasteiger partial charge < -0.3 is 14.4 Å². The Morgan fingerprint density at radius 1 is 1.00 bits per heavy atom. The van der Waals surface area contributed by atoms with Crippen molar-refractivity contribution >= 4 is 5.91 Å². The average molecular weight is 451 g/mol. The van der Waals surface area contributed by atoms with E-state index in [1.807, 2.05) is 35.2 Å². The predicted octanol–water partition coefficient (Wildman–Crippen LogP) is 4.68. The molecule has 0 bridgehead atoms. The Kier molecular flexibility index (Phi) is 5.28. The molecular weight excluding hydrogens is 419 g/mol. The molecule has 0 radical (unpaired) electrons. The van der Waals surface area contributed by atoms with Crippen molar-refractivity contribution in [1.82, 2.24) is 9.80 Å². The van der Waals surface area contributed by atoms with Crippen molar-refractivity contribution in [3.8, 4) is 11.5 Å². The minimum absolute atomic E-state index is 0.0630. The standard InChI is InChI=1S/C27H31FN2O3/c28-22-7-4-20(5-8-22)25-27(18-30(25)17-19-2-3-19)10-12-29(13-11-27)26(31)21-6-9-23-24(16-21)33-15-1-14-32-23/h4-9,16,19,25H,1-3,10-15,17-18H2. The summed E-state index contributed by atoms with van der Waals surface area (Å²) in [5.41, 5.74) is 2.05. The molecule has 3 heterocycles. The van der Waals surface area contributed by atoms with Gasteiger partial charge in [0.2, 0.25) is 0 Å². The number of nitrogens with zero attached hydrogens (tertiary/aromatic N) is 2. The Balaban J connectivity index is 1.16. The van der Waals surface area contributed by atoms with Crippen LogP contribution in [0.3, 0.4) is 0 Å². The molecule has 6 heteroatoms. The molecule has 0 aromatic heterocycles. The third kappa shape index (κ3) is 3.99. The van der Waals surface area contributed by atoms with Crippen molar-refractivity contribution in [2.75, 3.05) is 39.4 Å². The Morgan fingerprint density at radius 2 is 1.73 bits per heavy atom. The highest BCUT2D eigenvalue weighted by Crippen LogP contribution is 2.56. The lowest BCUT2D eigenvalue weighted by Gasteiger charge is -2.61. The highest BCUT2D eigenvalue weighted by molar-refractivity contribution is 5.95. The second-order valence-electron chi connectivity index (χ2n) is 10.2. The van der Waals surface area contributed by atoms with Crippen molar-refractivity contribution in [3.63, 3.8) is 0 Å². The maximum Gasteiger partial charge on any atom is 0.253 e. The smallest absolute Gasteiger partial charge is 0.253 e. The van der Waals surface area contributed by atoms with Gasteiger partial charge >= 0.3 is 0 Å². The van der Waals surface area contributed by atoms with Gasteiger partial charge in [0.25, 0.3) is 5.91 Å². The Morgan fingerprint density at radius 3 is 2.45 bits per heavy atom. The fraction of sp³-hybridized carbons (Fsp3) is 0.519. The van der Waals surface area contributed by atoms with Crippen molar-refractivity contribution in [2.45, 2.75) is 38.1 Å². The molecule has 3 fully saturated rings. The molecule has 1 unspecified atom stereocenters. The fourth-order valence-electron chi connectivity index (χ4n) is 5.93. The van der Waals surface area contributed by atoms with Crippen LogP contribution >= 0.6 is 0 Å². The molecule has 1 aliphatic carbocycles. The van der Waals surface area contributed by atoms with Crippen molar-refractivity contribution in [2.24, 2.45) is 11.3 Å². The number of likely N-dealkylation sites (tertiary alicyclic amines) is 2. The maximum atomic E-state index is 13.6. The van der Waals surface area contributed by atoms with E-state index >= 15 is 0 Å². The summed E-state index contributed by atoms with van der Waals surface area (Å²) in [4.78, 5) is 17.8. The summed E-state index contributed by atoms with van der Waals surface area (Å²) in [6.45, 7) is 4.98. The van der Waals surface area contributed by atoms with Gasteiger partial charge in [0.15, 0.2) is 11.5 Å². The molecule has 174 valence electrons. The third-order valence-corrected chi connectivity index (χ3v) is 7.88. The van der Waals surface area contributed by atoms with Crippen LogP contribution < -0.4 is 9.47 Å². The van der Waals surface area contributed by atoms with Gasteiger partial charge in [0, 0.05) is 49.6 Å². The van der Waals surface area contributed by atoms with E-state index in [0.717, 1.165) is 51.4 Å². The lowest BCUT2D eigenvalue weighted by atomic mass is 9.63. The number of piperidine rings is 1. The molecule has 1 atom stereocenters. The highest BCUT2D eigenvalue weighted by Gasteiger charge is 2.54. The van der Waals surface area contributed by atoms with Crippen LogP contribution in [0.1, 0.15) is 54.1 Å². The number of halogens is 1. The molecule has 33 heavy (non-hydrogen) atoms. The van der Waals surface area contributed by atoms with Gasteiger partial charge in [-0.2, -0.15) is 0 Å². The molecule has 2 aromatic carbocycles. The van der Waals surface area contributed by atoms with Crippen LogP contribution in [-0.2, 0) is 0 Å². The van der Waals surface area contributed by atoms with E-state index in [9.17, 15) is 9.18 Å². The summed E-state index contributed by atoms with van der Waals surface area (Å²) < 4.78 is 25.1. The van der Waals surface area contributed by atoms with Crippen LogP contribution in [0, 0.1) is 17.2 Å². The number of amides is 1. The molecule has 5 nitrogen and oxygen atoms in total. The Hall–Kier alpha value is -2.60. The molecule has 4 aliphatic rings. The number of fused-ring (bicyclic) bond motifs is 1. The van der Waals surface area contributed by atoms with Crippen molar-refractivity contribution < 1.29 is 18.7 Å². The number of carbonyl (C=O) groups is 1. The number of hydrogen-bond acceptors (Lipinski definition) is 4. The monoisotopic (exact) mass is 450 g/mol. The van der Waals surface area contributed by atoms with E-state index in [1.54, 1.807) is 12.1 Å². The SMILES string of the molecule is O=C(c1ccc2c(c1)OCCCO2)N1CCC2(CC1)CN(CC1CC1)C2c1ccc(F)cc1. The van der Waals surface area contributed by atoms with Gasteiger partial charge in [-0.1, -0.05) is 12.1 Å². The van der Waals surface area contributed by atoms with E-state index in [4.69, 9.17) is 9.47 Å². The molecular formula is C27H31FN2O3. The zero-order chi connectivity index (χ0) is 22.4. The van der Waals surface area contributed by atoms with E-state index in [2.05, 4.69) is 4.90 Å². The van der Waals surface area contributed by atoms with Gasteiger partial charge in [-0.15, -0.1) is 0 Å². The predicted molar refractivity (Wildman–Crippen MR) is 123 cm³/mol. The van der Waals surface area contributed by atoms with E-state index in [-0.39, 0.29) is 17.1 Å². The first-order valence-corrected chi connectivity index (χ1v) is 12.3. The van der Waals surface area contributed by atoms with E-state index in [0.29, 0.717) is 36.3 Å². The minimum atomic E-state index is -0.184. The van der Waals surface area contributed by atoms with Crippen LogP contribution in [0.15, 0.2) is 42.5 Å². The number of rotatable bonds is 4. The first kappa shape index (κ1) is 21.0. The lowest BCUT2D eigenvalue weighted by Crippen LogP contribution is -2.62. The van der Waals surface area contributed by atoms with Crippen LogP contribution in [0.25, 0.3) is 0 Å². The summed E-state index contributed by atoms with van der Waals surface area (Å²) >= 11 is 0. The summed E-state index contributed by atoms with van der Waals surface area (Å²) in [5.74, 6) is 2.09. The highest BCUT2D eigenvalue weighted by atomic mass is 19.1. The number of benzene rings is 2. The third-order valence-electron chi connectivity index (χ3n) is 7.88. The Bertz CT molecular complexity index is 1030. The average Bonchev–Trinajstić information content (AvgIpc) is 3.66. The molecule has 3 aliphatic heterocycles. The van der Waals surface area contributed by atoms with Crippen LogP contribution in [0.2, 0.25) is 0 Å². The van der Waals surface area contributed by atoms with Gasteiger partial charge in [-0.05, 0) is 67.5 Å². The summed E-state index contributed by atoms with van der Waals surface area (Å²) in [6, 6.07) is 12.9. The van der Waals surface area contributed by atoms with Gasteiger partial charge in [-0.3, -0.25) is 9.69 Å². The van der Waals surface area contributed by atoms with Crippen molar-refractivity contribution in [3.05, 3.63) is 59.4 Å². The van der Waals surface area contributed by atoms with E-state index in [1.165, 1.54) is 18.4 Å². The van der Waals surface area contributed by atoms with Crippen LogP contribution in [0.4, 0.5) is 4.39 Å². The van der Waals surface area contributed by atoms with E-state index < -0.39 is 0 Å². The molecule has 0 N–H and O–H groups in total. The number of hydrogen-bond donors (Lipinski definition) is 0. The second kappa shape index (κ2) is 8.32. The summed E-state index contributed by atoms with van der Waals surface area (Å²) in [7, 11) is 0.